The Hall–Kier alpha value is -3.41. The molecule has 0 bridgehead atoms. The van der Waals surface area contributed by atoms with E-state index in [1.54, 1.807) is 39.8 Å². The maximum atomic E-state index is 12.3. The van der Waals surface area contributed by atoms with E-state index in [0.29, 0.717) is 23.5 Å². The van der Waals surface area contributed by atoms with Crippen LogP contribution in [0.1, 0.15) is 43.6 Å². The first-order valence-corrected chi connectivity index (χ1v) is 9.52. The van der Waals surface area contributed by atoms with E-state index in [9.17, 15) is 14.4 Å². The molecule has 0 N–H and O–H groups in total. The van der Waals surface area contributed by atoms with E-state index in [1.165, 1.54) is 24.3 Å². The molecule has 6 nitrogen and oxygen atoms in total. The summed E-state index contributed by atoms with van der Waals surface area (Å²) in [6.45, 7) is 10.8. The standard InChI is InChI=1S/C24H26O6/c1-16(2)21(25)29-20-12-8-18(9-13-20)22(26)30-19-10-6-17(7-11-19)14-15-28-23(27)24(3,4)5/h6-13H,1,14-15H2,2-5H3. The lowest BCUT2D eigenvalue weighted by Crippen LogP contribution is -2.23. The third-order valence-electron chi connectivity index (χ3n) is 4.02. The van der Waals surface area contributed by atoms with E-state index in [2.05, 4.69) is 6.58 Å². The van der Waals surface area contributed by atoms with Gasteiger partial charge >= 0.3 is 17.9 Å². The second kappa shape index (κ2) is 9.87. The molecule has 0 aliphatic carbocycles. The Morgan fingerprint density at radius 1 is 0.867 bits per heavy atom. The summed E-state index contributed by atoms with van der Waals surface area (Å²) in [5, 5.41) is 0. The highest BCUT2D eigenvalue weighted by atomic mass is 16.5. The van der Waals surface area contributed by atoms with E-state index in [4.69, 9.17) is 14.2 Å². The quantitative estimate of drug-likeness (QED) is 0.379. The van der Waals surface area contributed by atoms with Gasteiger partial charge in [0.2, 0.25) is 0 Å². The van der Waals surface area contributed by atoms with E-state index in [-0.39, 0.29) is 18.1 Å². The predicted octanol–water partition coefficient (Wildman–Crippen LogP) is 4.52. The second-order valence-corrected chi connectivity index (χ2v) is 7.86. The van der Waals surface area contributed by atoms with Crippen molar-refractivity contribution in [1.29, 1.82) is 0 Å². The molecule has 2 aromatic carbocycles. The van der Waals surface area contributed by atoms with E-state index < -0.39 is 17.4 Å². The number of rotatable bonds is 7. The molecule has 0 fully saturated rings. The van der Waals surface area contributed by atoms with Gasteiger partial charge in [0.15, 0.2) is 0 Å². The van der Waals surface area contributed by atoms with Crippen molar-refractivity contribution in [1.82, 2.24) is 0 Å². The molecule has 0 unspecified atom stereocenters. The molecule has 0 saturated heterocycles. The van der Waals surface area contributed by atoms with Crippen LogP contribution in [0.25, 0.3) is 0 Å². The predicted molar refractivity (Wildman–Crippen MR) is 112 cm³/mol. The van der Waals surface area contributed by atoms with Gasteiger partial charge < -0.3 is 14.2 Å². The topological polar surface area (TPSA) is 78.9 Å². The number of carbonyl (C=O) groups excluding carboxylic acids is 3. The molecular weight excluding hydrogens is 384 g/mol. The SMILES string of the molecule is C=C(C)C(=O)Oc1ccc(C(=O)Oc2ccc(CCOC(=O)C(C)(C)C)cc2)cc1. The van der Waals surface area contributed by atoms with Crippen LogP contribution in [0.3, 0.4) is 0 Å². The third-order valence-corrected chi connectivity index (χ3v) is 4.02. The minimum atomic E-state index is -0.529. The maximum Gasteiger partial charge on any atom is 0.343 e. The van der Waals surface area contributed by atoms with Crippen LogP contribution in [0.15, 0.2) is 60.7 Å². The van der Waals surface area contributed by atoms with Crippen molar-refractivity contribution < 1.29 is 28.6 Å². The van der Waals surface area contributed by atoms with Gasteiger partial charge in [0.1, 0.15) is 11.5 Å². The first kappa shape index (κ1) is 22.9. The lowest BCUT2D eigenvalue weighted by molar-refractivity contribution is -0.152. The molecule has 0 heterocycles. The van der Waals surface area contributed by atoms with Gasteiger partial charge in [-0.3, -0.25) is 4.79 Å². The summed E-state index contributed by atoms with van der Waals surface area (Å²) < 4.78 is 15.7. The third kappa shape index (κ3) is 6.88. The Morgan fingerprint density at radius 2 is 1.40 bits per heavy atom. The molecule has 30 heavy (non-hydrogen) atoms. The van der Waals surface area contributed by atoms with Crippen LogP contribution < -0.4 is 9.47 Å². The Morgan fingerprint density at radius 3 is 1.93 bits per heavy atom. The van der Waals surface area contributed by atoms with Gasteiger partial charge in [-0.1, -0.05) is 18.7 Å². The van der Waals surface area contributed by atoms with Crippen molar-refractivity contribution in [2.45, 2.75) is 34.1 Å². The minimum Gasteiger partial charge on any atom is -0.465 e. The number of ether oxygens (including phenoxy) is 3. The second-order valence-electron chi connectivity index (χ2n) is 7.86. The minimum absolute atomic E-state index is 0.242. The van der Waals surface area contributed by atoms with Gasteiger partial charge in [-0.25, -0.2) is 9.59 Å². The zero-order chi connectivity index (χ0) is 22.3. The van der Waals surface area contributed by atoms with Gasteiger partial charge in [0.25, 0.3) is 0 Å². The van der Waals surface area contributed by atoms with Gasteiger partial charge in [-0.15, -0.1) is 0 Å². The van der Waals surface area contributed by atoms with Crippen molar-refractivity contribution in [3.63, 3.8) is 0 Å². The van der Waals surface area contributed by atoms with Gasteiger partial charge in [0, 0.05) is 12.0 Å². The summed E-state index contributed by atoms with van der Waals surface area (Å²) in [5.74, 6) is -0.587. The lowest BCUT2D eigenvalue weighted by atomic mass is 9.97. The van der Waals surface area contributed by atoms with Crippen molar-refractivity contribution in [3.8, 4) is 11.5 Å². The average molecular weight is 410 g/mol. The van der Waals surface area contributed by atoms with Crippen molar-refractivity contribution in [2.24, 2.45) is 5.41 Å². The smallest absolute Gasteiger partial charge is 0.343 e. The monoisotopic (exact) mass is 410 g/mol. The Bertz CT molecular complexity index is 918. The van der Waals surface area contributed by atoms with Crippen LogP contribution in [0.2, 0.25) is 0 Å². The van der Waals surface area contributed by atoms with Crippen LogP contribution in [0, 0.1) is 5.41 Å². The Kier molecular flexibility index (Phi) is 7.53. The van der Waals surface area contributed by atoms with E-state index >= 15 is 0 Å². The number of hydrogen-bond acceptors (Lipinski definition) is 6. The highest BCUT2D eigenvalue weighted by molar-refractivity contribution is 5.92. The molecular formula is C24H26O6. The molecule has 6 heteroatoms. The summed E-state index contributed by atoms with van der Waals surface area (Å²) in [4.78, 5) is 35.5. The van der Waals surface area contributed by atoms with E-state index in [0.717, 1.165) is 5.56 Å². The summed E-state index contributed by atoms with van der Waals surface area (Å²) in [5.41, 5.74) is 1.04. The molecule has 0 amide bonds. The molecule has 0 aliphatic rings. The van der Waals surface area contributed by atoms with E-state index in [1.807, 2.05) is 12.1 Å². The summed E-state index contributed by atoms with van der Waals surface area (Å²) in [6.07, 6.45) is 0.570. The Labute approximate surface area is 176 Å². The van der Waals surface area contributed by atoms with Crippen LogP contribution in [0.4, 0.5) is 0 Å². The zero-order valence-electron chi connectivity index (χ0n) is 17.7. The molecule has 0 aromatic heterocycles. The van der Waals surface area contributed by atoms with Crippen molar-refractivity contribution in [2.75, 3.05) is 6.61 Å². The summed E-state index contributed by atoms with van der Waals surface area (Å²) in [7, 11) is 0. The van der Waals surface area contributed by atoms with Gasteiger partial charge in [0.05, 0.1) is 17.6 Å². The van der Waals surface area contributed by atoms with Crippen LogP contribution >= 0.6 is 0 Å². The number of hydrogen-bond donors (Lipinski definition) is 0. The number of esters is 3. The largest absolute Gasteiger partial charge is 0.465 e. The lowest BCUT2D eigenvalue weighted by Gasteiger charge is -2.16. The molecule has 0 saturated carbocycles. The molecule has 2 rings (SSSR count). The number of carbonyl (C=O) groups is 3. The molecule has 158 valence electrons. The average Bonchev–Trinajstić information content (AvgIpc) is 2.69. The van der Waals surface area contributed by atoms with Crippen molar-refractivity contribution in [3.05, 3.63) is 71.8 Å². The van der Waals surface area contributed by atoms with Crippen LogP contribution in [0.5, 0.6) is 11.5 Å². The highest BCUT2D eigenvalue weighted by Crippen LogP contribution is 2.18. The van der Waals surface area contributed by atoms with Gasteiger partial charge in [-0.2, -0.15) is 0 Å². The van der Waals surface area contributed by atoms with Gasteiger partial charge in [-0.05, 0) is 69.7 Å². The summed E-state index contributed by atoms with van der Waals surface area (Å²) >= 11 is 0. The Balaban J connectivity index is 1.87. The molecule has 2 aromatic rings. The first-order valence-electron chi connectivity index (χ1n) is 9.52. The maximum absolute atomic E-state index is 12.3. The fourth-order valence-corrected chi connectivity index (χ4v) is 2.22. The molecule has 0 spiro atoms. The summed E-state index contributed by atoms with van der Waals surface area (Å²) in [6, 6.07) is 13.0. The first-order chi connectivity index (χ1) is 14.1. The normalized spacial score (nSPS) is 10.8. The molecule has 0 aliphatic heterocycles. The highest BCUT2D eigenvalue weighted by Gasteiger charge is 2.22. The fraction of sp³-hybridized carbons (Fsp3) is 0.292. The van der Waals surface area contributed by atoms with Crippen molar-refractivity contribution >= 4 is 17.9 Å². The van der Waals surface area contributed by atoms with Crippen LogP contribution in [-0.2, 0) is 20.7 Å². The number of benzene rings is 2. The fourth-order valence-electron chi connectivity index (χ4n) is 2.22. The van der Waals surface area contributed by atoms with Crippen LogP contribution in [-0.4, -0.2) is 24.5 Å². The molecule has 0 radical (unpaired) electrons. The zero-order valence-corrected chi connectivity index (χ0v) is 17.7. The molecule has 0 atom stereocenters.